The molecule has 1 atom stereocenters. The molecular formula is C25H29N. The van der Waals surface area contributed by atoms with Crippen LogP contribution in [0.15, 0.2) is 84.9 Å². The molecule has 0 heterocycles. The zero-order chi connectivity index (χ0) is 18.2. The summed E-state index contributed by atoms with van der Waals surface area (Å²) in [5, 5.41) is 3.78. The Morgan fingerprint density at radius 2 is 1.31 bits per heavy atom. The second-order valence-electron chi connectivity index (χ2n) is 6.99. The van der Waals surface area contributed by atoms with E-state index in [0.717, 1.165) is 19.4 Å². The van der Waals surface area contributed by atoms with Gasteiger partial charge in [-0.3, -0.25) is 0 Å². The molecule has 0 spiro atoms. The largest absolute Gasteiger partial charge is 0.310 e. The third-order valence-corrected chi connectivity index (χ3v) is 5.08. The fourth-order valence-electron chi connectivity index (χ4n) is 3.68. The van der Waals surface area contributed by atoms with Gasteiger partial charge in [-0.15, -0.1) is 0 Å². The van der Waals surface area contributed by atoms with E-state index in [1.165, 1.54) is 22.3 Å². The lowest BCUT2D eigenvalue weighted by Crippen LogP contribution is -2.23. The fourth-order valence-corrected chi connectivity index (χ4v) is 3.68. The first kappa shape index (κ1) is 18.4. The minimum atomic E-state index is 0.419. The highest BCUT2D eigenvalue weighted by Gasteiger charge is 2.15. The predicted molar refractivity (Wildman–Crippen MR) is 112 cm³/mol. The molecule has 3 aromatic rings. The Balaban J connectivity index is 1.70. The van der Waals surface area contributed by atoms with Crippen molar-refractivity contribution in [2.45, 2.75) is 38.6 Å². The van der Waals surface area contributed by atoms with Crippen LogP contribution in [0.3, 0.4) is 0 Å². The van der Waals surface area contributed by atoms with Gasteiger partial charge in [-0.1, -0.05) is 97.4 Å². The molecule has 0 aromatic heterocycles. The summed E-state index contributed by atoms with van der Waals surface area (Å²) in [4.78, 5) is 0. The van der Waals surface area contributed by atoms with Gasteiger partial charge in [0.2, 0.25) is 0 Å². The smallest absolute Gasteiger partial charge is 0.0317 e. The lowest BCUT2D eigenvalue weighted by Gasteiger charge is -2.22. The molecule has 0 bridgehead atoms. The molecule has 3 rings (SSSR count). The Morgan fingerprint density at radius 1 is 0.731 bits per heavy atom. The minimum Gasteiger partial charge on any atom is -0.310 e. The summed E-state index contributed by atoms with van der Waals surface area (Å²) < 4.78 is 0. The summed E-state index contributed by atoms with van der Waals surface area (Å²) in [5.41, 5.74) is 5.51. The summed E-state index contributed by atoms with van der Waals surface area (Å²) in [7, 11) is 0. The van der Waals surface area contributed by atoms with Crippen molar-refractivity contribution in [1.29, 1.82) is 0 Å². The van der Waals surface area contributed by atoms with Crippen LogP contribution in [0.4, 0.5) is 0 Å². The van der Waals surface area contributed by atoms with Crippen LogP contribution >= 0.6 is 0 Å². The minimum absolute atomic E-state index is 0.419. The zero-order valence-corrected chi connectivity index (χ0v) is 15.9. The maximum absolute atomic E-state index is 3.78. The number of aryl methyl sites for hydroxylation is 1. The molecule has 1 unspecified atom stereocenters. The summed E-state index contributed by atoms with van der Waals surface area (Å²) in [6.07, 6.45) is 2.20. The molecule has 0 saturated carbocycles. The Hall–Kier alpha value is -2.38. The molecule has 0 amide bonds. The van der Waals surface area contributed by atoms with Gasteiger partial charge in [-0.05, 0) is 43.0 Å². The lowest BCUT2D eigenvalue weighted by molar-refractivity contribution is 0.498. The van der Waals surface area contributed by atoms with Gasteiger partial charge in [0.15, 0.2) is 0 Å². The van der Waals surface area contributed by atoms with Crippen LogP contribution in [-0.4, -0.2) is 6.54 Å². The van der Waals surface area contributed by atoms with Crippen LogP contribution in [0.2, 0.25) is 0 Å². The molecule has 1 N–H and O–H groups in total. The number of benzene rings is 3. The van der Waals surface area contributed by atoms with Crippen LogP contribution in [0.5, 0.6) is 0 Å². The fraction of sp³-hybridized carbons (Fsp3) is 0.280. The Labute approximate surface area is 158 Å². The Bertz CT molecular complexity index is 740. The molecule has 1 heteroatoms. The van der Waals surface area contributed by atoms with Crippen LogP contribution in [0.1, 0.15) is 54.0 Å². The zero-order valence-electron chi connectivity index (χ0n) is 15.9. The highest BCUT2D eigenvalue weighted by atomic mass is 14.9. The Morgan fingerprint density at radius 3 is 1.85 bits per heavy atom. The van der Waals surface area contributed by atoms with Crippen molar-refractivity contribution in [3.8, 4) is 0 Å². The van der Waals surface area contributed by atoms with Crippen molar-refractivity contribution < 1.29 is 0 Å². The van der Waals surface area contributed by atoms with E-state index in [1.54, 1.807) is 0 Å². The van der Waals surface area contributed by atoms with E-state index < -0.39 is 0 Å². The number of rotatable bonds is 8. The van der Waals surface area contributed by atoms with Crippen molar-refractivity contribution in [2.24, 2.45) is 0 Å². The maximum Gasteiger partial charge on any atom is 0.0317 e. The molecular weight excluding hydrogens is 314 g/mol. The van der Waals surface area contributed by atoms with Gasteiger partial charge >= 0.3 is 0 Å². The standard InChI is InChI=1S/C25H29N/c1-3-25(23-16-10-11-20(2)19-23)26-18-17-24(21-12-6-4-7-13-21)22-14-8-5-9-15-22/h4-16,19,24-26H,3,17-18H2,1-2H3. The highest BCUT2D eigenvalue weighted by Crippen LogP contribution is 2.28. The molecule has 0 fully saturated rings. The third-order valence-electron chi connectivity index (χ3n) is 5.08. The van der Waals surface area contributed by atoms with E-state index in [-0.39, 0.29) is 0 Å². The Kier molecular flexibility index (Phi) is 6.62. The predicted octanol–water partition coefficient (Wildman–Crippen LogP) is 6.26. The average Bonchev–Trinajstić information content (AvgIpc) is 2.69. The van der Waals surface area contributed by atoms with E-state index in [9.17, 15) is 0 Å². The van der Waals surface area contributed by atoms with Crippen LogP contribution in [-0.2, 0) is 0 Å². The van der Waals surface area contributed by atoms with Gasteiger partial charge < -0.3 is 5.32 Å². The molecule has 134 valence electrons. The van der Waals surface area contributed by atoms with E-state index in [1.807, 2.05) is 0 Å². The van der Waals surface area contributed by atoms with E-state index in [0.29, 0.717) is 12.0 Å². The molecule has 0 radical (unpaired) electrons. The molecule has 26 heavy (non-hydrogen) atoms. The van der Waals surface area contributed by atoms with Crippen LogP contribution < -0.4 is 5.32 Å². The van der Waals surface area contributed by atoms with Gasteiger partial charge in [0.1, 0.15) is 0 Å². The third kappa shape index (κ3) is 4.83. The highest BCUT2D eigenvalue weighted by molar-refractivity contribution is 5.32. The number of nitrogens with one attached hydrogen (secondary N) is 1. The first-order valence-corrected chi connectivity index (χ1v) is 9.67. The summed E-state index contributed by atoms with van der Waals surface area (Å²) >= 11 is 0. The van der Waals surface area contributed by atoms with Gasteiger partial charge in [-0.2, -0.15) is 0 Å². The lowest BCUT2D eigenvalue weighted by atomic mass is 9.88. The second-order valence-corrected chi connectivity index (χ2v) is 6.99. The molecule has 0 aliphatic heterocycles. The summed E-state index contributed by atoms with van der Waals surface area (Å²) in [6.45, 7) is 5.42. The SMILES string of the molecule is CCC(NCCC(c1ccccc1)c1ccccc1)c1cccc(C)c1. The summed E-state index contributed by atoms with van der Waals surface area (Å²) in [6, 6.07) is 31.0. The first-order valence-electron chi connectivity index (χ1n) is 9.67. The van der Waals surface area contributed by atoms with Gasteiger partial charge in [0.25, 0.3) is 0 Å². The van der Waals surface area contributed by atoms with Crippen molar-refractivity contribution in [1.82, 2.24) is 5.32 Å². The monoisotopic (exact) mass is 343 g/mol. The maximum atomic E-state index is 3.78. The topological polar surface area (TPSA) is 12.0 Å². The summed E-state index contributed by atoms with van der Waals surface area (Å²) in [5.74, 6) is 0.430. The number of hydrogen-bond donors (Lipinski definition) is 1. The quantitative estimate of drug-likeness (QED) is 0.509. The van der Waals surface area contributed by atoms with Gasteiger partial charge in [0.05, 0.1) is 0 Å². The first-order chi connectivity index (χ1) is 12.8. The number of hydrogen-bond acceptors (Lipinski definition) is 1. The molecule has 0 aliphatic carbocycles. The van der Waals surface area contributed by atoms with Gasteiger partial charge in [-0.25, -0.2) is 0 Å². The van der Waals surface area contributed by atoms with Crippen molar-refractivity contribution >= 4 is 0 Å². The molecule has 0 aliphatic rings. The van der Waals surface area contributed by atoms with Gasteiger partial charge in [0, 0.05) is 12.0 Å². The average molecular weight is 344 g/mol. The molecule has 3 aromatic carbocycles. The van der Waals surface area contributed by atoms with Crippen LogP contribution in [0, 0.1) is 6.92 Å². The van der Waals surface area contributed by atoms with Crippen molar-refractivity contribution in [3.63, 3.8) is 0 Å². The van der Waals surface area contributed by atoms with Crippen molar-refractivity contribution in [3.05, 3.63) is 107 Å². The van der Waals surface area contributed by atoms with E-state index in [2.05, 4.69) is 104 Å². The molecule has 0 saturated heterocycles. The van der Waals surface area contributed by atoms with Crippen molar-refractivity contribution in [2.75, 3.05) is 6.54 Å². The van der Waals surface area contributed by atoms with Crippen LogP contribution in [0.25, 0.3) is 0 Å². The normalized spacial score (nSPS) is 12.3. The second kappa shape index (κ2) is 9.35. The molecule has 1 nitrogen and oxygen atoms in total. The van der Waals surface area contributed by atoms with E-state index in [4.69, 9.17) is 0 Å². The van der Waals surface area contributed by atoms with E-state index >= 15 is 0 Å².